The van der Waals surface area contributed by atoms with Crippen molar-refractivity contribution < 1.29 is 19.1 Å². The number of hydrogen-bond acceptors (Lipinski definition) is 5. The molecule has 2 fully saturated rings. The van der Waals surface area contributed by atoms with Crippen molar-refractivity contribution in [1.82, 2.24) is 4.90 Å². The Kier molecular flexibility index (Phi) is 4.15. The molecule has 0 aromatic heterocycles. The largest absolute Gasteiger partial charge is 0.497 e. The molecule has 5 nitrogen and oxygen atoms in total. The number of fused-ring (bicyclic) bond motifs is 2. The highest BCUT2D eigenvalue weighted by Gasteiger charge is 2.58. The molecule has 1 aromatic rings. The summed E-state index contributed by atoms with van der Waals surface area (Å²) in [5.74, 6) is 0.417. The minimum absolute atomic E-state index is 0.0127. The van der Waals surface area contributed by atoms with Gasteiger partial charge in [-0.05, 0) is 37.5 Å². The average Bonchev–Trinajstić information content (AvgIpc) is 2.89. The van der Waals surface area contributed by atoms with E-state index in [2.05, 4.69) is 4.90 Å². The number of ketones is 1. The lowest BCUT2D eigenvalue weighted by Crippen LogP contribution is -2.58. The van der Waals surface area contributed by atoms with Crippen LogP contribution in [0.2, 0.25) is 0 Å². The second-order valence-corrected chi connectivity index (χ2v) is 6.59. The Bertz CT molecular complexity index is 629. The molecule has 3 unspecified atom stereocenters. The Morgan fingerprint density at radius 1 is 1.35 bits per heavy atom. The first-order valence-corrected chi connectivity index (χ1v) is 8.01. The van der Waals surface area contributed by atoms with Gasteiger partial charge in [0.25, 0.3) is 0 Å². The molecule has 3 rings (SSSR count). The maximum atomic E-state index is 12.5. The Morgan fingerprint density at radius 3 is 2.83 bits per heavy atom. The summed E-state index contributed by atoms with van der Waals surface area (Å²) in [6.45, 7) is 2.46. The first-order chi connectivity index (χ1) is 11.0. The van der Waals surface area contributed by atoms with Crippen molar-refractivity contribution in [3.8, 4) is 5.75 Å². The van der Waals surface area contributed by atoms with Crippen molar-refractivity contribution in [3.05, 3.63) is 29.8 Å². The predicted molar refractivity (Wildman–Crippen MR) is 85.1 cm³/mol. The van der Waals surface area contributed by atoms with E-state index < -0.39 is 11.4 Å². The average molecular weight is 317 g/mol. The second kappa shape index (κ2) is 5.96. The molecule has 0 radical (unpaired) electrons. The second-order valence-electron chi connectivity index (χ2n) is 6.59. The summed E-state index contributed by atoms with van der Waals surface area (Å²) in [6, 6.07) is 8.06. The molecule has 5 heteroatoms. The maximum Gasteiger partial charge on any atom is 0.320 e. The third-order valence-electron chi connectivity index (χ3n) is 5.42. The van der Waals surface area contributed by atoms with Gasteiger partial charge in [-0.2, -0.15) is 0 Å². The fraction of sp³-hybridized carbons (Fsp3) is 0.556. The van der Waals surface area contributed by atoms with E-state index in [4.69, 9.17) is 9.47 Å². The number of Topliss-reactive ketones (excluding diaryl/α,β-unsaturated/α-hetero) is 1. The molecule has 0 saturated carbocycles. The number of benzene rings is 1. The van der Waals surface area contributed by atoms with E-state index in [1.54, 1.807) is 14.0 Å². The van der Waals surface area contributed by atoms with Gasteiger partial charge in [0.1, 0.15) is 11.2 Å². The molecule has 0 aliphatic carbocycles. The lowest BCUT2D eigenvalue weighted by Gasteiger charge is -2.43. The molecular weight excluding hydrogens is 294 g/mol. The highest BCUT2D eigenvalue weighted by molar-refractivity contribution is 6.05. The Morgan fingerprint density at radius 2 is 2.13 bits per heavy atom. The number of ether oxygens (including phenoxy) is 2. The van der Waals surface area contributed by atoms with E-state index in [0.717, 1.165) is 24.2 Å². The zero-order valence-corrected chi connectivity index (χ0v) is 13.9. The first-order valence-electron chi connectivity index (χ1n) is 8.01. The molecule has 3 atom stereocenters. The van der Waals surface area contributed by atoms with Crippen molar-refractivity contribution in [2.24, 2.45) is 5.41 Å². The van der Waals surface area contributed by atoms with Gasteiger partial charge in [0.05, 0.1) is 14.2 Å². The molecule has 124 valence electrons. The molecule has 1 aromatic carbocycles. The summed E-state index contributed by atoms with van der Waals surface area (Å²) in [7, 11) is 3.00. The van der Waals surface area contributed by atoms with Crippen LogP contribution in [0.1, 0.15) is 31.7 Å². The number of carbonyl (C=O) groups is 2. The molecular formula is C18H23NO4. The molecule has 2 heterocycles. The van der Waals surface area contributed by atoms with Crippen LogP contribution in [0.25, 0.3) is 0 Å². The zero-order chi connectivity index (χ0) is 16.6. The highest BCUT2D eigenvalue weighted by Crippen LogP contribution is 2.45. The van der Waals surface area contributed by atoms with Crippen molar-refractivity contribution >= 4 is 11.8 Å². The van der Waals surface area contributed by atoms with Crippen LogP contribution in [0.15, 0.2) is 24.3 Å². The summed E-state index contributed by atoms with van der Waals surface area (Å²) >= 11 is 0. The molecule has 0 amide bonds. The smallest absolute Gasteiger partial charge is 0.320 e. The number of esters is 1. The van der Waals surface area contributed by atoms with E-state index in [-0.39, 0.29) is 17.9 Å². The summed E-state index contributed by atoms with van der Waals surface area (Å²) < 4.78 is 10.2. The lowest BCUT2D eigenvalue weighted by molar-refractivity contribution is -0.165. The topological polar surface area (TPSA) is 55.8 Å². The molecule has 0 spiro atoms. The summed E-state index contributed by atoms with van der Waals surface area (Å²) in [5, 5.41) is 0. The number of piperidine rings is 1. The van der Waals surface area contributed by atoms with Crippen molar-refractivity contribution in [2.45, 2.75) is 44.8 Å². The highest BCUT2D eigenvalue weighted by atomic mass is 16.5. The number of rotatable bonds is 4. The van der Waals surface area contributed by atoms with Crippen molar-refractivity contribution in [3.63, 3.8) is 0 Å². The molecule has 2 aliphatic heterocycles. The van der Waals surface area contributed by atoms with Gasteiger partial charge in [-0.3, -0.25) is 14.5 Å². The predicted octanol–water partition coefficient (Wildman–Crippen LogP) is 2.18. The molecule has 0 N–H and O–H groups in total. The van der Waals surface area contributed by atoms with Crippen molar-refractivity contribution in [2.75, 3.05) is 14.2 Å². The van der Waals surface area contributed by atoms with Crippen LogP contribution < -0.4 is 4.74 Å². The van der Waals surface area contributed by atoms with Gasteiger partial charge < -0.3 is 9.47 Å². The Balaban J connectivity index is 1.88. The van der Waals surface area contributed by atoms with E-state index in [9.17, 15) is 9.59 Å². The summed E-state index contributed by atoms with van der Waals surface area (Å²) in [5.41, 5.74) is 0.0727. The maximum absolute atomic E-state index is 12.5. The zero-order valence-electron chi connectivity index (χ0n) is 13.9. The normalized spacial score (nSPS) is 30.3. The SMILES string of the molecule is COC(=O)C1(C)C(=O)CC2CCC1N2Cc1cccc(OC)c1. The number of carbonyl (C=O) groups excluding carboxylic acids is 2. The van der Waals surface area contributed by atoms with Crippen LogP contribution in [-0.2, 0) is 20.9 Å². The standard InChI is InChI=1S/C18H23NO4/c1-18(17(21)23-3)15-8-7-13(10-16(18)20)19(15)11-12-5-4-6-14(9-12)22-2/h4-6,9,13,15H,7-8,10-11H2,1-3H3. The van der Waals surface area contributed by atoms with Gasteiger partial charge in [0, 0.05) is 25.0 Å². The van der Waals surface area contributed by atoms with Crippen LogP contribution in [-0.4, -0.2) is 43.0 Å². The minimum atomic E-state index is -1.05. The van der Waals surface area contributed by atoms with E-state index in [0.29, 0.717) is 13.0 Å². The van der Waals surface area contributed by atoms with Gasteiger partial charge in [-0.1, -0.05) is 12.1 Å². The number of hydrogen-bond donors (Lipinski definition) is 0. The Labute approximate surface area is 136 Å². The first kappa shape index (κ1) is 16.0. The third-order valence-corrected chi connectivity index (χ3v) is 5.42. The van der Waals surface area contributed by atoms with Crippen LogP contribution in [0, 0.1) is 5.41 Å². The van der Waals surface area contributed by atoms with Crippen LogP contribution in [0.3, 0.4) is 0 Å². The van der Waals surface area contributed by atoms with E-state index in [1.807, 2.05) is 24.3 Å². The van der Waals surface area contributed by atoms with Crippen LogP contribution in [0.5, 0.6) is 5.75 Å². The summed E-state index contributed by atoms with van der Waals surface area (Å²) in [6.07, 6.45) is 2.23. The third kappa shape index (κ3) is 2.53. The molecule has 23 heavy (non-hydrogen) atoms. The van der Waals surface area contributed by atoms with Gasteiger partial charge in [0.2, 0.25) is 0 Å². The Hall–Kier alpha value is -1.88. The quantitative estimate of drug-likeness (QED) is 0.629. The van der Waals surface area contributed by atoms with Gasteiger partial charge >= 0.3 is 5.97 Å². The van der Waals surface area contributed by atoms with Gasteiger partial charge in [-0.25, -0.2) is 0 Å². The number of methoxy groups -OCH3 is 2. The van der Waals surface area contributed by atoms with Crippen LogP contribution >= 0.6 is 0 Å². The molecule has 2 bridgehead atoms. The van der Waals surface area contributed by atoms with Gasteiger partial charge in [0.15, 0.2) is 5.78 Å². The molecule has 2 aliphatic rings. The van der Waals surface area contributed by atoms with E-state index in [1.165, 1.54) is 7.11 Å². The van der Waals surface area contributed by atoms with Crippen LogP contribution in [0.4, 0.5) is 0 Å². The van der Waals surface area contributed by atoms with E-state index >= 15 is 0 Å². The van der Waals surface area contributed by atoms with Gasteiger partial charge in [-0.15, -0.1) is 0 Å². The summed E-state index contributed by atoms with van der Waals surface area (Å²) in [4.78, 5) is 27.1. The fourth-order valence-electron chi connectivity index (χ4n) is 4.07. The monoisotopic (exact) mass is 317 g/mol. The fourth-order valence-corrected chi connectivity index (χ4v) is 4.07. The lowest BCUT2D eigenvalue weighted by atomic mass is 9.74. The van der Waals surface area contributed by atoms with Crippen molar-refractivity contribution in [1.29, 1.82) is 0 Å². The minimum Gasteiger partial charge on any atom is -0.497 e. The number of nitrogens with zero attached hydrogens (tertiary/aromatic N) is 1. The molecule has 2 saturated heterocycles.